The fourth-order valence-corrected chi connectivity index (χ4v) is 4.64. The van der Waals surface area contributed by atoms with E-state index in [0.29, 0.717) is 12.4 Å². The summed E-state index contributed by atoms with van der Waals surface area (Å²) in [5.41, 5.74) is 0. The predicted molar refractivity (Wildman–Crippen MR) is 127 cm³/mol. The summed E-state index contributed by atoms with van der Waals surface area (Å²) in [5.74, 6) is 2.07. The van der Waals surface area contributed by atoms with Crippen molar-refractivity contribution in [2.45, 2.75) is 30.7 Å². The molecule has 2 heterocycles. The first-order valence-electron chi connectivity index (χ1n) is 9.87. The maximum atomic E-state index is 11.9. The highest BCUT2D eigenvalue weighted by molar-refractivity contribution is 8.00. The second-order valence-electron chi connectivity index (χ2n) is 6.81. The Hall–Kier alpha value is -1.67. The van der Waals surface area contributed by atoms with Crippen molar-refractivity contribution in [3.63, 3.8) is 0 Å². The standard InChI is InChI=1S/C22H28N2O3S2.ClH/c1-26-18-7-6-8-20(13-18)29-17-22(25)23-9-2-5-12-27-19-14-21(28-16-19)15-24-10-3-4-11-24;/h2,6-9,13-14,16H,3-5,10-12,15,17H2,1H3,(H,23,25);1H/b9-2-;. The van der Waals surface area contributed by atoms with Gasteiger partial charge in [-0.25, -0.2) is 0 Å². The second-order valence-corrected chi connectivity index (χ2v) is 8.85. The zero-order valence-corrected chi connectivity index (χ0v) is 19.6. The molecule has 30 heavy (non-hydrogen) atoms. The normalized spacial score (nSPS) is 13.9. The predicted octanol–water partition coefficient (Wildman–Crippen LogP) is 4.97. The van der Waals surface area contributed by atoms with Crippen molar-refractivity contribution in [2.24, 2.45) is 0 Å². The number of thioether (sulfide) groups is 1. The lowest BCUT2D eigenvalue weighted by Crippen LogP contribution is -2.19. The molecule has 1 aliphatic rings. The van der Waals surface area contributed by atoms with Crippen molar-refractivity contribution in [1.29, 1.82) is 0 Å². The summed E-state index contributed by atoms with van der Waals surface area (Å²) in [6, 6.07) is 9.84. The molecule has 1 fully saturated rings. The van der Waals surface area contributed by atoms with E-state index in [1.807, 2.05) is 30.3 Å². The molecule has 0 unspecified atom stereocenters. The lowest BCUT2D eigenvalue weighted by Gasteiger charge is -2.12. The van der Waals surface area contributed by atoms with Gasteiger partial charge in [0.15, 0.2) is 0 Å². The van der Waals surface area contributed by atoms with E-state index in [2.05, 4.69) is 21.7 Å². The van der Waals surface area contributed by atoms with Crippen molar-refractivity contribution in [1.82, 2.24) is 10.2 Å². The molecular weight excluding hydrogens is 440 g/mol. The number of halogens is 1. The lowest BCUT2D eigenvalue weighted by molar-refractivity contribution is -0.117. The van der Waals surface area contributed by atoms with Crippen molar-refractivity contribution in [2.75, 3.05) is 32.6 Å². The Kier molecular flexibility index (Phi) is 11.1. The molecule has 0 saturated carbocycles. The number of nitrogens with zero attached hydrogens (tertiary/aromatic N) is 1. The number of rotatable bonds is 11. The van der Waals surface area contributed by atoms with Gasteiger partial charge in [0.2, 0.25) is 5.91 Å². The Balaban J connectivity index is 0.00000320. The summed E-state index contributed by atoms with van der Waals surface area (Å²) in [7, 11) is 1.64. The van der Waals surface area contributed by atoms with Crippen LogP contribution in [0.1, 0.15) is 24.1 Å². The van der Waals surface area contributed by atoms with E-state index in [9.17, 15) is 4.79 Å². The van der Waals surface area contributed by atoms with Gasteiger partial charge in [0.05, 0.1) is 19.5 Å². The van der Waals surface area contributed by atoms with Crippen LogP contribution in [0.4, 0.5) is 0 Å². The molecule has 1 aliphatic heterocycles. The smallest absolute Gasteiger partial charge is 0.234 e. The molecule has 5 nitrogen and oxygen atoms in total. The molecule has 0 atom stereocenters. The summed E-state index contributed by atoms with van der Waals surface area (Å²) < 4.78 is 11.0. The number of amides is 1. The number of likely N-dealkylation sites (tertiary alicyclic amines) is 1. The molecule has 0 spiro atoms. The summed E-state index contributed by atoms with van der Waals surface area (Å²) in [4.78, 5) is 16.8. The van der Waals surface area contributed by atoms with Crippen LogP contribution in [0.15, 0.2) is 52.9 Å². The second kappa shape index (κ2) is 13.6. The van der Waals surface area contributed by atoms with Crippen LogP contribution >= 0.6 is 35.5 Å². The minimum atomic E-state index is -0.0284. The number of hydrogen-bond acceptors (Lipinski definition) is 6. The minimum Gasteiger partial charge on any atom is -0.497 e. The average molecular weight is 469 g/mol. The molecule has 164 valence electrons. The number of ether oxygens (including phenoxy) is 2. The highest BCUT2D eigenvalue weighted by atomic mass is 35.5. The molecule has 8 heteroatoms. The number of benzene rings is 1. The highest BCUT2D eigenvalue weighted by Gasteiger charge is 2.13. The molecule has 1 aromatic heterocycles. The van der Waals surface area contributed by atoms with Gasteiger partial charge in [0.1, 0.15) is 11.5 Å². The Bertz CT molecular complexity index is 807. The van der Waals surface area contributed by atoms with Crippen LogP contribution in [-0.2, 0) is 11.3 Å². The molecule has 0 radical (unpaired) electrons. The first kappa shape index (κ1) is 24.6. The molecule has 1 aromatic carbocycles. The average Bonchev–Trinajstić information content (AvgIpc) is 3.41. The fraction of sp³-hybridized carbons (Fsp3) is 0.409. The SMILES string of the molecule is COc1cccc(SCC(=O)N/C=C\CCOc2csc(CN3CCCC3)c2)c1.Cl. The van der Waals surface area contributed by atoms with Crippen LogP contribution in [0.25, 0.3) is 0 Å². The van der Waals surface area contributed by atoms with Gasteiger partial charge in [0.25, 0.3) is 0 Å². The molecule has 2 aromatic rings. The number of carbonyl (C=O) groups is 1. The number of methoxy groups -OCH3 is 1. The van der Waals surface area contributed by atoms with Gasteiger partial charge < -0.3 is 14.8 Å². The zero-order chi connectivity index (χ0) is 20.3. The summed E-state index contributed by atoms with van der Waals surface area (Å²) in [6.07, 6.45) is 7.01. The van der Waals surface area contributed by atoms with E-state index in [-0.39, 0.29) is 18.3 Å². The Morgan fingerprint density at radius 3 is 2.90 bits per heavy atom. The molecule has 1 saturated heterocycles. The topological polar surface area (TPSA) is 50.8 Å². The van der Waals surface area contributed by atoms with Gasteiger partial charge in [-0.05, 0) is 56.4 Å². The lowest BCUT2D eigenvalue weighted by atomic mass is 10.3. The maximum Gasteiger partial charge on any atom is 0.234 e. The Morgan fingerprint density at radius 1 is 1.27 bits per heavy atom. The van der Waals surface area contributed by atoms with Gasteiger partial charge in [-0.2, -0.15) is 0 Å². The fourth-order valence-electron chi connectivity index (χ4n) is 3.04. The molecular formula is C22H29ClN2O3S2. The zero-order valence-electron chi connectivity index (χ0n) is 17.2. The van der Waals surface area contributed by atoms with E-state index in [0.717, 1.165) is 29.4 Å². The van der Waals surface area contributed by atoms with E-state index in [4.69, 9.17) is 9.47 Å². The number of hydrogen-bond donors (Lipinski definition) is 1. The summed E-state index contributed by atoms with van der Waals surface area (Å²) in [5, 5.41) is 4.87. The first-order chi connectivity index (χ1) is 14.2. The number of thiophene rings is 1. The Labute approximate surface area is 193 Å². The largest absolute Gasteiger partial charge is 0.497 e. The minimum absolute atomic E-state index is 0. The molecule has 3 rings (SSSR count). The molecule has 1 N–H and O–H groups in total. The van der Waals surface area contributed by atoms with Crippen LogP contribution in [0.3, 0.4) is 0 Å². The van der Waals surface area contributed by atoms with Crippen LogP contribution in [0.2, 0.25) is 0 Å². The van der Waals surface area contributed by atoms with Crippen LogP contribution in [0, 0.1) is 0 Å². The van der Waals surface area contributed by atoms with E-state index in [1.54, 1.807) is 24.6 Å². The summed E-state index contributed by atoms with van der Waals surface area (Å²) in [6.45, 7) is 4.06. The van der Waals surface area contributed by atoms with Crippen molar-refractivity contribution >= 4 is 41.4 Å². The third kappa shape index (κ3) is 8.60. The van der Waals surface area contributed by atoms with E-state index < -0.39 is 0 Å². The summed E-state index contributed by atoms with van der Waals surface area (Å²) >= 11 is 3.25. The maximum absolute atomic E-state index is 11.9. The van der Waals surface area contributed by atoms with Crippen molar-refractivity contribution in [3.05, 3.63) is 52.9 Å². The number of nitrogens with one attached hydrogen (secondary N) is 1. The van der Waals surface area contributed by atoms with Crippen molar-refractivity contribution in [3.8, 4) is 11.5 Å². The van der Waals surface area contributed by atoms with Gasteiger partial charge in [-0.1, -0.05) is 12.1 Å². The molecule has 0 aliphatic carbocycles. The van der Waals surface area contributed by atoms with Gasteiger partial charge in [0, 0.05) is 28.1 Å². The Morgan fingerprint density at radius 2 is 2.10 bits per heavy atom. The van der Waals surface area contributed by atoms with Crippen LogP contribution in [-0.4, -0.2) is 43.4 Å². The van der Waals surface area contributed by atoms with Gasteiger partial charge >= 0.3 is 0 Å². The molecule has 1 amide bonds. The third-order valence-electron chi connectivity index (χ3n) is 4.53. The van der Waals surface area contributed by atoms with Crippen LogP contribution < -0.4 is 14.8 Å². The highest BCUT2D eigenvalue weighted by Crippen LogP contribution is 2.24. The first-order valence-corrected chi connectivity index (χ1v) is 11.7. The number of carbonyl (C=O) groups excluding carboxylic acids is 1. The van der Waals surface area contributed by atoms with Gasteiger partial charge in [-0.3, -0.25) is 9.69 Å². The van der Waals surface area contributed by atoms with Gasteiger partial charge in [-0.15, -0.1) is 35.5 Å². The quantitative estimate of drug-likeness (QED) is 0.373. The van der Waals surface area contributed by atoms with E-state index >= 15 is 0 Å². The monoisotopic (exact) mass is 468 g/mol. The van der Waals surface area contributed by atoms with E-state index in [1.165, 1.54) is 42.6 Å². The third-order valence-corrected chi connectivity index (χ3v) is 6.43. The molecule has 0 bridgehead atoms. The van der Waals surface area contributed by atoms with Crippen molar-refractivity contribution < 1.29 is 14.3 Å². The van der Waals surface area contributed by atoms with Crippen LogP contribution in [0.5, 0.6) is 11.5 Å².